The second kappa shape index (κ2) is 7.94. The Morgan fingerprint density at radius 1 is 1.14 bits per heavy atom. The van der Waals surface area contributed by atoms with Crippen molar-refractivity contribution < 1.29 is 4.79 Å². The number of pyridine rings is 1. The summed E-state index contributed by atoms with van der Waals surface area (Å²) in [7, 11) is 0. The molecule has 108 valence electrons. The van der Waals surface area contributed by atoms with Crippen molar-refractivity contribution in [3.8, 4) is 0 Å². The molecule has 0 aliphatic heterocycles. The Hall–Kier alpha value is -2.49. The molecule has 0 bridgehead atoms. The molecule has 0 spiro atoms. The van der Waals surface area contributed by atoms with Crippen molar-refractivity contribution in [1.29, 1.82) is 0 Å². The standard InChI is InChI=1S/C17H19N3O/c1-2-3-12-16(21)19-20-17(14-9-5-4-6-10-14)15-11-7-8-13-18-15/h4-11,13H,2-3,12H2,1H3,(H,19,21). The SMILES string of the molecule is CCCCC(=O)NN=C(c1ccccc1)c1ccccn1. The number of carbonyl (C=O) groups excluding carboxylic acids is 1. The third-order valence-corrected chi connectivity index (χ3v) is 3.00. The summed E-state index contributed by atoms with van der Waals surface area (Å²) < 4.78 is 0. The Balaban J connectivity index is 2.23. The highest BCUT2D eigenvalue weighted by atomic mass is 16.2. The minimum absolute atomic E-state index is 0.0683. The summed E-state index contributed by atoms with van der Waals surface area (Å²) in [4.78, 5) is 16.0. The van der Waals surface area contributed by atoms with Crippen LogP contribution in [0.5, 0.6) is 0 Å². The fraction of sp³-hybridized carbons (Fsp3) is 0.235. The molecule has 4 heteroatoms. The zero-order valence-electron chi connectivity index (χ0n) is 12.1. The lowest BCUT2D eigenvalue weighted by Crippen LogP contribution is -2.20. The van der Waals surface area contributed by atoms with Crippen LogP contribution in [0.4, 0.5) is 0 Å². The van der Waals surface area contributed by atoms with E-state index < -0.39 is 0 Å². The van der Waals surface area contributed by atoms with Crippen LogP contribution in [0.2, 0.25) is 0 Å². The molecule has 0 saturated carbocycles. The van der Waals surface area contributed by atoms with E-state index in [9.17, 15) is 4.79 Å². The molecule has 0 aliphatic rings. The van der Waals surface area contributed by atoms with Gasteiger partial charge in [-0.05, 0) is 18.6 Å². The summed E-state index contributed by atoms with van der Waals surface area (Å²) in [6.07, 6.45) is 4.06. The number of amides is 1. The smallest absolute Gasteiger partial charge is 0.240 e. The zero-order chi connectivity index (χ0) is 14.9. The molecule has 1 aromatic carbocycles. The maximum absolute atomic E-state index is 11.7. The molecular weight excluding hydrogens is 262 g/mol. The number of hydrogen-bond acceptors (Lipinski definition) is 3. The molecule has 1 aromatic heterocycles. The number of benzene rings is 1. The molecule has 0 atom stereocenters. The van der Waals surface area contributed by atoms with Gasteiger partial charge in [0.25, 0.3) is 0 Å². The van der Waals surface area contributed by atoms with Crippen molar-refractivity contribution in [1.82, 2.24) is 10.4 Å². The van der Waals surface area contributed by atoms with E-state index in [2.05, 4.69) is 22.4 Å². The van der Waals surface area contributed by atoms with Crippen LogP contribution in [0, 0.1) is 0 Å². The largest absolute Gasteiger partial charge is 0.273 e. The van der Waals surface area contributed by atoms with Crippen molar-refractivity contribution in [3.05, 3.63) is 66.0 Å². The predicted molar refractivity (Wildman–Crippen MR) is 84.0 cm³/mol. The maximum atomic E-state index is 11.7. The molecule has 1 N–H and O–H groups in total. The van der Waals surface area contributed by atoms with Gasteiger partial charge in [-0.3, -0.25) is 9.78 Å². The zero-order valence-corrected chi connectivity index (χ0v) is 12.1. The van der Waals surface area contributed by atoms with Gasteiger partial charge in [-0.2, -0.15) is 5.10 Å². The molecule has 0 saturated heterocycles. The van der Waals surface area contributed by atoms with Crippen LogP contribution in [0.25, 0.3) is 0 Å². The number of hydrogen-bond donors (Lipinski definition) is 1. The van der Waals surface area contributed by atoms with E-state index in [4.69, 9.17) is 0 Å². The van der Waals surface area contributed by atoms with Crippen LogP contribution < -0.4 is 5.43 Å². The number of nitrogens with one attached hydrogen (secondary N) is 1. The van der Waals surface area contributed by atoms with E-state index in [0.29, 0.717) is 12.1 Å². The van der Waals surface area contributed by atoms with Crippen molar-refractivity contribution in [2.75, 3.05) is 0 Å². The summed E-state index contributed by atoms with van der Waals surface area (Å²) in [5.41, 5.74) is 4.95. The van der Waals surface area contributed by atoms with Crippen molar-refractivity contribution in [2.24, 2.45) is 5.10 Å². The van der Waals surface area contributed by atoms with E-state index in [1.807, 2.05) is 48.5 Å². The van der Waals surface area contributed by atoms with E-state index in [0.717, 1.165) is 24.1 Å². The summed E-state index contributed by atoms with van der Waals surface area (Å²) in [5.74, 6) is -0.0683. The van der Waals surface area contributed by atoms with Gasteiger partial charge in [-0.1, -0.05) is 49.7 Å². The number of nitrogens with zero attached hydrogens (tertiary/aromatic N) is 2. The van der Waals surface area contributed by atoms with Gasteiger partial charge in [0.15, 0.2) is 0 Å². The molecule has 1 heterocycles. The molecule has 1 amide bonds. The Bertz CT molecular complexity index is 552. The number of carbonyl (C=O) groups is 1. The first-order chi connectivity index (χ1) is 10.3. The molecule has 2 rings (SSSR count). The fourth-order valence-electron chi connectivity index (χ4n) is 1.88. The summed E-state index contributed by atoms with van der Waals surface area (Å²) >= 11 is 0. The third kappa shape index (κ3) is 4.53. The molecule has 0 fully saturated rings. The van der Waals surface area contributed by atoms with Gasteiger partial charge in [-0.15, -0.1) is 0 Å². The maximum Gasteiger partial charge on any atom is 0.240 e. The number of aromatic nitrogens is 1. The van der Waals surface area contributed by atoms with E-state index in [1.165, 1.54) is 0 Å². The minimum Gasteiger partial charge on any atom is -0.273 e. The first-order valence-corrected chi connectivity index (χ1v) is 7.14. The lowest BCUT2D eigenvalue weighted by atomic mass is 10.1. The number of unbranched alkanes of at least 4 members (excludes halogenated alkanes) is 1. The Kier molecular flexibility index (Phi) is 5.64. The molecule has 0 aliphatic carbocycles. The summed E-state index contributed by atoms with van der Waals surface area (Å²) in [6.45, 7) is 2.06. The second-order valence-electron chi connectivity index (χ2n) is 4.68. The van der Waals surface area contributed by atoms with Gasteiger partial charge < -0.3 is 0 Å². The molecule has 0 radical (unpaired) electrons. The Morgan fingerprint density at radius 2 is 1.90 bits per heavy atom. The summed E-state index contributed by atoms with van der Waals surface area (Å²) in [6, 6.07) is 15.4. The van der Waals surface area contributed by atoms with Crippen LogP contribution in [-0.2, 0) is 4.79 Å². The first kappa shape index (κ1) is 14.9. The van der Waals surface area contributed by atoms with Crippen molar-refractivity contribution >= 4 is 11.6 Å². The molecule has 2 aromatic rings. The van der Waals surface area contributed by atoms with Crippen LogP contribution in [0.1, 0.15) is 37.4 Å². The second-order valence-corrected chi connectivity index (χ2v) is 4.68. The highest BCUT2D eigenvalue weighted by Crippen LogP contribution is 2.08. The van der Waals surface area contributed by atoms with Crippen molar-refractivity contribution in [2.45, 2.75) is 26.2 Å². The van der Waals surface area contributed by atoms with Gasteiger partial charge in [0.1, 0.15) is 5.71 Å². The van der Waals surface area contributed by atoms with Crippen LogP contribution in [0.15, 0.2) is 59.8 Å². The van der Waals surface area contributed by atoms with Crippen LogP contribution in [0.3, 0.4) is 0 Å². The van der Waals surface area contributed by atoms with Crippen molar-refractivity contribution in [3.63, 3.8) is 0 Å². The first-order valence-electron chi connectivity index (χ1n) is 7.14. The lowest BCUT2D eigenvalue weighted by molar-refractivity contribution is -0.121. The molecule has 4 nitrogen and oxygen atoms in total. The van der Waals surface area contributed by atoms with Gasteiger partial charge in [0.05, 0.1) is 5.69 Å². The highest BCUT2D eigenvalue weighted by molar-refractivity contribution is 6.11. The van der Waals surface area contributed by atoms with Gasteiger partial charge in [-0.25, -0.2) is 5.43 Å². The monoisotopic (exact) mass is 281 g/mol. The molecule has 0 unspecified atom stereocenters. The Morgan fingerprint density at radius 3 is 2.57 bits per heavy atom. The number of rotatable bonds is 6. The van der Waals surface area contributed by atoms with E-state index in [-0.39, 0.29) is 5.91 Å². The summed E-state index contributed by atoms with van der Waals surface area (Å²) in [5, 5.41) is 4.27. The van der Waals surface area contributed by atoms with Gasteiger partial charge >= 0.3 is 0 Å². The quantitative estimate of drug-likeness (QED) is 0.653. The van der Waals surface area contributed by atoms with E-state index >= 15 is 0 Å². The van der Waals surface area contributed by atoms with E-state index in [1.54, 1.807) is 6.20 Å². The topological polar surface area (TPSA) is 54.4 Å². The lowest BCUT2D eigenvalue weighted by Gasteiger charge is -2.07. The predicted octanol–water partition coefficient (Wildman–Crippen LogP) is 3.14. The normalized spacial score (nSPS) is 11.2. The number of hydrazone groups is 1. The highest BCUT2D eigenvalue weighted by Gasteiger charge is 2.08. The molecule has 21 heavy (non-hydrogen) atoms. The van der Waals surface area contributed by atoms with Gasteiger partial charge in [0, 0.05) is 18.2 Å². The minimum atomic E-state index is -0.0683. The Labute approximate surface area is 124 Å². The van der Waals surface area contributed by atoms with Gasteiger partial charge in [0.2, 0.25) is 5.91 Å². The van der Waals surface area contributed by atoms with Crippen LogP contribution in [-0.4, -0.2) is 16.6 Å². The van der Waals surface area contributed by atoms with Crippen LogP contribution >= 0.6 is 0 Å². The molecular formula is C17H19N3O. The fourth-order valence-corrected chi connectivity index (χ4v) is 1.88. The average molecular weight is 281 g/mol. The average Bonchev–Trinajstić information content (AvgIpc) is 2.55. The third-order valence-electron chi connectivity index (χ3n) is 3.00.